The van der Waals surface area contributed by atoms with E-state index >= 15 is 0 Å². The lowest BCUT2D eigenvalue weighted by atomic mass is 9.93. The molecule has 0 amide bonds. The molecule has 1 atom stereocenters. The number of nitrogens with zero attached hydrogens (tertiary/aromatic N) is 2. The number of aromatic nitrogens is 2. The maximum absolute atomic E-state index is 4.19. The molecule has 18 heavy (non-hydrogen) atoms. The zero-order valence-electron chi connectivity index (χ0n) is 10.1. The summed E-state index contributed by atoms with van der Waals surface area (Å²) in [6.45, 7) is 0.893. The van der Waals surface area contributed by atoms with Crippen LogP contribution in [0.3, 0.4) is 0 Å². The normalized spacial score (nSPS) is 19.3. The summed E-state index contributed by atoms with van der Waals surface area (Å²) in [5.74, 6) is 0. The lowest BCUT2D eigenvalue weighted by molar-refractivity contribution is 0.562. The fraction of sp³-hybridized carbons (Fsp3) is 0.200. The van der Waals surface area contributed by atoms with Crippen LogP contribution in [0.1, 0.15) is 23.6 Å². The molecule has 0 saturated heterocycles. The molecule has 1 N–H and O–H groups in total. The molecule has 1 aliphatic heterocycles. The second-order valence-electron chi connectivity index (χ2n) is 4.42. The molecule has 0 radical (unpaired) electrons. The smallest absolute Gasteiger partial charge is 0.0378 e. The predicted molar refractivity (Wildman–Crippen MR) is 71.8 cm³/mol. The number of nitrogens with one attached hydrogen (secondary N) is 1. The standard InChI is InChI=1S/C15H15N3/c1-3-13(10-16-6-1)12-5-8-18-15(9-12)14-4-2-7-17-11-14/h1-7,10-11,15,18H,8-9H2/t15-/m0/s1. The van der Waals surface area contributed by atoms with Crippen LogP contribution in [-0.4, -0.2) is 16.5 Å². The molecule has 3 nitrogen and oxygen atoms in total. The van der Waals surface area contributed by atoms with Crippen LogP contribution in [0.25, 0.3) is 5.57 Å². The van der Waals surface area contributed by atoms with Gasteiger partial charge in [-0.1, -0.05) is 18.2 Å². The van der Waals surface area contributed by atoms with Crippen molar-refractivity contribution in [1.82, 2.24) is 15.3 Å². The van der Waals surface area contributed by atoms with E-state index in [1.165, 1.54) is 16.7 Å². The van der Waals surface area contributed by atoms with Crippen LogP contribution in [0.4, 0.5) is 0 Å². The molecule has 0 bridgehead atoms. The van der Waals surface area contributed by atoms with Gasteiger partial charge in [0.05, 0.1) is 0 Å². The fourth-order valence-electron chi connectivity index (χ4n) is 2.31. The molecule has 3 heterocycles. The number of pyridine rings is 2. The minimum Gasteiger partial charge on any atom is -0.306 e. The van der Waals surface area contributed by atoms with Gasteiger partial charge in [0.1, 0.15) is 0 Å². The van der Waals surface area contributed by atoms with Crippen LogP contribution in [0.2, 0.25) is 0 Å². The summed E-state index contributed by atoms with van der Waals surface area (Å²) in [6, 6.07) is 8.55. The molecule has 3 rings (SSSR count). The maximum atomic E-state index is 4.19. The highest BCUT2D eigenvalue weighted by Gasteiger charge is 2.17. The average Bonchev–Trinajstić information content (AvgIpc) is 2.49. The predicted octanol–water partition coefficient (Wildman–Crippen LogP) is 2.59. The van der Waals surface area contributed by atoms with Crippen molar-refractivity contribution in [1.29, 1.82) is 0 Å². The first kappa shape index (κ1) is 11.1. The lowest BCUT2D eigenvalue weighted by Gasteiger charge is -2.24. The minimum atomic E-state index is 0.346. The molecule has 2 aromatic rings. The van der Waals surface area contributed by atoms with Crippen molar-refractivity contribution < 1.29 is 0 Å². The van der Waals surface area contributed by atoms with Crippen molar-refractivity contribution in [2.75, 3.05) is 6.54 Å². The van der Waals surface area contributed by atoms with Crippen LogP contribution >= 0.6 is 0 Å². The van der Waals surface area contributed by atoms with E-state index in [2.05, 4.69) is 33.5 Å². The first-order valence-electron chi connectivity index (χ1n) is 6.16. The molecule has 0 aliphatic carbocycles. The number of hydrogen-bond acceptors (Lipinski definition) is 3. The van der Waals surface area contributed by atoms with Crippen molar-refractivity contribution in [2.45, 2.75) is 12.5 Å². The second kappa shape index (κ2) is 5.10. The van der Waals surface area contributed by atoms with E-state index in [1.54, 1.807) is 0 Å². The van der Waals surface area contributed by atoms with Gasteiger partial charge in [0, 0.05) is 37.4 Å². The molecule has 0 aromatic carbocycles. The van der Waals surface area contributed by atoms with Gasteiger partial charge in [-0.25, -0.2) is 0 Å². The SMILES string of the molecule is C1=C(c2cccnc2)C[C@@H](c2cccnc2)NC1. The molecule has 0 spiro atoms. The monoisotopic (exact) mass is 237 g/mol. The Morgan fingerprint density at radius 3 is 2.61 bits per heavy atom. The molecule has 90 valence electrons. The molecular formula is C15H15N3. The zero-order chi connectivity index (χ0) is 12.2. The van der Waals surface area contributed by atoms with Gasteiger partial charge < -0.3 is 5.32 Å². The zero-order valence-corrected chi connectivity index (χ0v) is 10.1. The number of rotatable bonds is 2. The van der Waals surface area contributed by atoms with Gasteiger partial charge in [0.15, 0.2) is 0 Å². The largest absolute Gasteiger partial charge is 0.306 e. The Labute approximate surface area is 107 Å². The van der Waals surface area contributed by atoms with Crippen molar-refractivity contribution in [3.63, 3.8) is 0 Å². The van der Waals surface area contributed by atoms with E-state index < -0.39 is 0 Å². The lowest BCUT2D eigenvalue weighted by Crippen LogP contribution is -2.25. The summed E-state index contributed by atoms with van der Waals surface area (Å²) < 4.78 is 0. The van der Waals surface area contributed by atoms with Gasteiger partial charge in [-0.15, -0.1) is 0 Å². The Kier molecular flexibility index (Phi) is 3.15. The first-order valence-corrected chi connectivity index (χ1v) is 6.16. The van der Waals surface area contributed by atoms with Gasteiger partial charge >= 0.3 is 0 Å². The molecule has 0 fully saturated rings. The van der Waals surface area contributed by atoms with Gasteiger partial charge in [0.2, 0.25) is 0 Å². The Balaban J connectivity index is 1.82. The summed E-state index contributed by atoms with van der Waals surface area (Å²) >= 11 is 0. The van der Waals surface area contributed by atoms with Crippen molar-refractivity contribution in [3.05, 3.63) is 66.3 Å². The van der Waals surface area contributed by atoms with Crippen LogP contribution in [0, 0.1) is 0 Å². The summed E-state index contributed by atoms with van der Waals surface area (Å²) in [4.78, 5) is 8.37. The first-order chi connectivity index (χ1) is 8.93. The topological polar surface area (TPSA) is 37.8 Å². The highest BCUT2D eigenvalue weighted by Crippen LogP contribution is 2.29. The Morgan fingerprint density at radius 2 is 1.89 bits per heavy atom. The summed E-state index contributed by atoms with van der Waals surface area (Å²) in [5, 5.41) is 3.50. The van der Waals surface area contributed by atoms with Crippen LogP contribution < -0.4 is 5.32 Å². The van der Waals surface area contributed by atoms with E-state index in [4.69, 9.17) is 0 Å². The molecule has 1 aliphatic rings. The van der Waals surface area contributed by atoms with E-state index in [-0.39, 0.29) is 0 Å². The Hall–Kier alpha value is -2.00. The highest BCUT2D eigenvalue weighted by molar-refractivity contribution is 5.66. The average molecular weight is 237 g/mol. The van der Waals surface area contributed by atoms with E-state index in [9.17, 15) is 0 Å². The number of hydrogen-bond donors (Lipinski definition) is 1. The maximum Gasteiger partial charge on any atom is 0.0378 e. The van der Waals surface area contributed by atoms with E-state index in [0.717, 1.165) is 13.0 Å². The van der Waals surface area contributed by atoms with E-state index in [0.29, 0.717) is 6.04 Å². The van der Waals surface area contributed by atoms with Crippen LogP contribution in [0.15, 0.2) is 55.1 Å². The van der Waals surface area contributed by atoms with Crippen LogP contribution in [0.5, 0.6) is 0 Å². The Bertz CT molecular complexity index is 534. The third-order valence-electron chi connectivity index (χ3n) is 3.26. The van der Waals surface area contributed by atoms with Gasteiger partial charge in [-0.2, -0.15) is 0 Å². The molecule has 2 aromatic heterocycles. The van der Waals surface area contributed by atoms with Crippen molar-refractivity contribution in [3.8, 4) is 0 Å². The quantitative estimate of drug-likeness (QED) is 0.872. The van der Waals surface area contributed by atoms with Gasteiger partial charge in [-0.3, -0.25) is 9.97 Å². The molecule has 3 heteroatoms. The molecular weight excluding hydrogens is 222 g/mol. The third-order valence-corrected chi connectivity index (χ3v) is 3.26. The summed E-state index contributed by atoms with van der Waals surface area (Å²) in [5.41, 5.74) is 3.82. The third kappa shape index (κ3) is 2.31. The van der Waals surface area contributed by atoms with Crippen molar-refractivity contribution >= 4 is 5.57 Å². The summed E-state index contributed by atoms with van der Waals surface area (Å²) in [7, 11) is 0. The van der Waals surface area contributed by atoms with Crippen LogP contribution in [-0.2, 0) is 0 Å². The van der Waals surface area contributed by atoms with Gasteiger partial charge in [-0.05, 0) is 35.3 Å². The van der Waals surface area contributed by atoms with Gasteiger partial charge in [0.25, 0.3) is 0 Å². The molecule has 0 saturated carbocycles. The summed E-state index contributed by atoms with van der Waals surface area (Å²) in [6.07, 6.45) is 10.7. The van der Waals surface area contributed by atoms with Crippen molar-refractivity contribution in [2.24, 2.45) is 0 Å². The second-order valence-corrected chi connectivity index (χ2v) is 4.42. The Morgan fingerprint density at radius 1 is 1.06 bits per heavy atom. The molecule has 0 unspecified atom stereocenters. The minimum absolute atomic E-state index is 0.346. The van der Waals surface area contributed by atoms with E-state index in [1.807, 2.05) is 36.9 Å². The fourth-order valence-corrected chi connectivity index (χ4v) is 2.31. The highest BCUT2D eigenvalue weighted by atomic mass is 14.9.